The lowest BCUT2D eigenvalue weighted by molar-refractivity contribution is -0.143. The van der Waals surface area contributed by atoms with Crippen LogP contribution in [0.15, 0.2) is 24.3 Å². The number of phenols is 1. The van der Waals surface area contributed by atoms with E-state index in [2.05, 4.69) is 12.6 Å². The fraction of sp³-hybridized carbons (Fsp3) is 0.350. The van der Waals surface area contributed by atoms with Gasteiger partial charge >= 0.3 is 5.97 Å². The monoisotopic (exact) mass is 393 g/mol. The summed E-state index contributed by atoms with van der Waals surface area (Å²) in [5, 5.41) is 10.4. The second kappa shape index (κ2) is 8.19. The number of thiol groups is 1. The molecule has 0 amide bonds. The molecule has 0 unspecified atom stereocenters. The molecule has 2 aromatic carbocycles. The van der Waals surface area contributed by atoms with Crippen LogP contribution in [0.5, 0.6) is 11.5 Å². The number of aryl methyl sites for hydroxylation is 2. The summed E-state index contributed by atoms with van der Waals surface area (Å²) in [6.45, 7) is 5.27. The standard InChI is InChI=1S/C20H24FNO4S/c1-5-26-17(24)10-20(22,27)15-8-13(6-12(3)19(15)21)18-11(2)7-14(25-4)9-16(18)23/h6-9,23,27H,5,10,22H2,1-4H3/t20-/m0/s1. The first-order chi connectivity index (χ1) is 12.6. The first-order valence-corrected chi connectivity index (χ1v) is 8.90. The Morgan fingerprint density at radius 3 is 2.48 bits per heavy atom. The van der Waals surface area contributed by atoms with Crippen LogP contribution in [-0.4, -0.2) is 24.8 Å². The topological polar surface area (TPSA) is 81.8 Å². The predicted molar refractivity (Wildman–Crippen MR) is 106 cm³/mol. The normalized spacial score (nSPS) is 13.1. The molecule has 2 rings (SSSR count). The molecule has 0 spiro atoms. The number of halogens is 1. The number of hydrogen-bond acceptors (Lipinski definition) is 6. The maximum Gasteiger partial charge on any atom is 0.308 e. The Bertz CT molecular complexity index is 844. The van der Waals surface area contributed by atoms with Crippen LogP contribution in [0.4, 0.5) is 4.39 Å². The highest BCUT2D eigenvalue weighted by molar-refractivity contribution is 7.81. The summed E-state index contributed by atoms with van der Waals surface area (Å²) in [4.78, 5) is 10.3. The van der Waals surface area contributed by atoms with E-state index in [4.69, 9.17) is 15.2 Å². The van der Waals surface area contributed by atoms with Crippen molar-refractivity contribution in [3.63, 3.8) is 0 Å². The zero-order valence-corrected chi connectivity index (χ0v) is 16.7. The third-order valence-corrected chi connectivity index (χ3v) is 4.65. The number of aromatic hydroxyl groups is 1. The van der Waals surface area contributed by atoms with Crippen molar-refractivity contribution >= 4 is 18.6 Å². The molecule has 0 aliphatic heterocycles. The van der Waals surface area contributed by atoms with Crippen molar-refractivity contribution in [3.8, 4) is 22.6 Å². The van der Waals surface area contributed by atoms with E-state index >= 15 is 0 Å². The Kier molecular flexibility index (Phi) is 6.38. The average molecular weight is 393 g/mol. The summed E-state index contributed by atoms with van der Waals surface area (Å²) in [7, 11) is 1.51. The zero-order chi connectivity index (χ0) is 20.4. The van der Waals surface area contributed by atoms with Crippen molar-refractivity contribution in [2.24, 2.45) is 5.73 Å². The summed E-state index contributed by atoms with van der Waals surface area (Å²) in [6, 6.07) is 6.36. The van der Waals surface area contributed by atoms with Gasteiger partial charge in [-0.15, -0.1) is 0 Å². The van der Waals surface area contributed by atoms with Gasteiger partial charge in [-0.1, -0.05) is 0 Å². The molecule has 27 heavy (non-hydrogen) atoms. The lowest BCUT2D eigenvalue weighted by Crippen LogP contribution is -2.35. The Hall–Kier alpha value is -2.25. The summed E-state index contributed by atoms with van der Waals surface area (Å²) in [5.74, 6) is -0.611. The molecule has 0 aliphatic carbocycles. The maximum absolute atomic E-state index is 14.8. The number of nitrogens with two attached hydrogens (primary N) is 1. The number of hydrogen-bond donors (Lipinski definition) is 3. The Labute approximate surface area is 163 Å². The number of methoxy groups -OCH3 is 1. The fourth-order valence-electron chi connectivity index (χ4n) is 2.99. The van der Waals surface area contributed by atoms with Crippen LogP contribution in [0.2, 0.25) is 0 Å². The van der Waals surface area contributed by atoms with Crippen LogP contribution in [0.1, 0.15) is 30.0 Å². The number of phenolic OH excluding ortho intramolecular Hbond substituents is 1. The molecule has 0 saturated carbocycles. The minimum atomic E-state index is -1.56. The van der Waals surface area contributed by atoms with Crippen LogP contribution >= 0.6 is 12.6 Å². The number of rotatable bonds is 6. The number of carbonyl (C=O) groups excluding carboxylic acids is 1. The summed E-state index contributed by atoms with van der Waals surface area (Å²) in [6.07, 6.45) is -0.294. The molecule has 7 heteroatoms. The highest BCUT2D eigenvalue weighted by Gasteiger charge is 2.31. The minimum absolute atomic E-state index is 0.00372. The van der Waals surface area contributed by atoms with Crippen LogP contribution in [-0.2, 0) is 14.4 Å². The SMILES string of the molecule is CCOC(=O)C[C@](N)(S)c1cc(-c2c(C)cc(OC)cc2O)cc(C)c1F. The van der Waals surface area contributed by atoms with Crippen LogP contribution in [0.3, 0.4) is 0 Å². The van der Waals surface area contributed by atoms with Gasteiger partial charge in [-0.25, -0.2) is 4.39 Å². The molecule has 0 aliphatic rings. The summed E-state index contributed by atoms with van der Waals surface area (Å²) < 4.78 is 24.8. The number of esters is 1. The number of benzene rings is 2. The van der Waals surface area contributed by atoms with Crippen LogP contribution < -0.4 is 10.5 Å². The van der Waals surface area contributed by atoms with Gasteiger partial charge < -0.3 is 20.3 Å². The van der Waals surface area contributed by atoms with Gasteiger partial charge in [0.1, 0.15) is 17.3 Å². The Balaban J connectivity index is 2.59. The van der Waals surface area contributed by atoms with Gasteiger partial charge in [0.25, 0.3) is 0 Å². The van der Waals surface area contributed by atoms with Gasteiger partial charge in [0.2, 0.25) is 0 Å². The van der Waals surface area contributed by atoms with Gasteiger partial charge in [0.15, 0.2) is 0 Å². The molecular formula is C20H24FNO4S. The lowest BCUT2D eigenvalue weighted by Gasteiger charge is -2.25. The van der Waals surface area contributed by atoms with E-state index < -0.39 is 16.7 Å². The molecule has 0 heterocycles. The zero-order valence-electron chi connectivity index (χ0n) is 15.8. The molecular weight excluding hydrogens is 369 g/mol. The van der Waals surface area contributed by atoms with E-state index in [1.165, 1.54) is 19.2 Å². The second-order valence-corrected chi connectivity index (χ2v) is 7.20. The first-order valence-electron chi connectivity index (χ1n) is 8.46. The van der Waals surface area contributed by atoms with E-state index in [0.717, 1.165) is 5.56 Å². The summed E-state index contributed by atoms with van der Waals surface area (Å²) in [5.41, 5.74) is 8.37. The van der Waals surface area contributed by atoms with Gasteiger partial charge in [-0.05, 0) is 55.7 Å². The minimum Gasteiger partial charge on any atom is -0.507 e. The van der Waals surface area contributed by atoms with Crippen molar-refractivity contribution in [2.45, 2.75) is 32.1 Å². The second-order valence-electron chi connectivity index (χ2n) is 6.40. The third-order valence-electron chi connectivity index (χ3n) is 4.25. The summed E-state index contributed by atoms with van der Waals surface area (Å²) >= 11 is 4.32. The van der Waals surface area contributed by atoms with E-state index in [9.17, 15) is 14.3 Å². The fourth-order valence-corrected chi connectivity index (χ4v) is 3.28. The van der Waals surface area contributed by atoms with Crippen molar-refractivity contribution in [3.05, 3.63) is 46.8 Å². The molecule has 1 atom stereocenters. The number of carbonyl (C=O) groups is 1. The van der Waals surface area contributed by atoms with E-state index in [1.54, 1.807) is 26.0 Å². The molecule has 0 bridgehead atoms. The maximum atomic E-state index is 14.8. The Morgan fingerprint density at radius 1 is 1.26 bits per heavy atom. The third kappa shape index (κ3) is 4.54. The van der Waals surface area contributed by atoms with E-state index in [1.807, 2.05) is 6.92 Å². The average Bonchev–Trinajstić information content (AvgIpc) is 2.56. The van der Waals surface area contributed by atoms with Crippen LogP contribution in [0, 0.1) is 19.7 Å². The van der Waals surface area contributed by atoms with Gasteiger partial charge in [0.05, 0.1) is 25.0 Å². The quantitative estimate of drug-likeness (QED) is 0.395. The Morgan fingerprint density at radius 2 is 1.93 bits per heavy atom. The molecule has 3 N–H and O–H groups in total. The first kappa shape index (κ1) is 21.1. The van der Waals surface area contributed by atoms with Gasteiger partial charge in [-0.3, -0.25) is 4.79 Å². The predicted octanol–water partition coefficient (Wildman–Crippen LogP) is 3.82. The molecule has 5 nitrogen and oxygen atoms in total. The van der Waals surface area contributed by atoms with Gasteiger partial charge in [-0.2, -0.15) is 12.6 Å². The van der Waals surface area contributed by atoms with E-state index in [-0.39, 0.29) is 24.3 Å². The molecule has 0 fully saturated rings. The smallest absolute Gasteiger partial charge is 0.308 e. The number of ether oxygens (including phenoxy) is 2. The van der Waals surface area contributed by atoms with Crippen molar-refractivity contribution in [2.75, 3.05) is 13.7 Å². The molecule has 0 aromatic heterocycles. The lowest BCUT2D eigenvalue weighted by atomic mass is 9.92. The molecule has 0 radical (unpaired) electrons. The van der Waals surface area contributed by atoms with Crippen molar-refractivity contribution in [1.29, 1.82) is 0 Å². The molecule has 0 saturated heterocycles. The van der Waals surface area contributed by atoms with Crippen LogP contribution in [0.25, 0.3) is 11.1 Å². The van der Waals surface area contributed by atoms with E-state index in [0.29, 0.717) is 22.4 Å². The molecule has 2 aromatic rings. The van der Waals surface area contributed by atoms with Gasteiger partial charge in [0, 0.05) is 17.2 Å². The van der Waals surface area contributed by atoms with Crippen molar-refractivity contribution < 1.29 is 23.8 Å². The highest BCUT2D eigenvalue weighted by atomic mass is 32.1. The van der Waals surface area contributed by atoms with Crippen molar-refractivity contribution in [1.82, 2.24) is 0 Å². The molecule has 146 valence electrons. The largest absolute Gasteiger partial charge is 0.507 e. The highest BCUT2D eigenvalue weighted by Crippen LogP contribution is 2.40.